The van der Waals surface area contributed by atoms with Crippen molar-refractivity contribution in [3.05, 3.63) is 47.8 Å². The molecule has 0 saturated carbocycles. The van der Waals surface area contributed by atoms with E-state index in [2.05, 4.69) is 26.8 Å². The number of fused-ring (bicyclic) bond motifs is 1. The van der Waals surface area contributed by atoms with E-state index in [1.54, 1.807) is 18.3 Å². The van der Waals surface area contributed by atoms with Crippen LogP contribution >= 0.6 is 11.6 Å². The molecule has 1 atom stereocenters. The molecule has 2 saturated heterocycles. The second-order valence-electron chi connectivity index (χ2n) is 10.6. The molecule has 4 heterocycles. The molecule has 3 aromatic rings. The molecule has 2 fully saturated rings. The van der Waals surface area contributed by atoms with Crippen LogP contribution in [0.5, 0.6) is 5.75 Å². The van der Waals surface area contributed by atoms with Gasteiger partial charge in [0.25, 0.3) is 5.91 Å². The van der Waals surface area contributed by atoms with Crippen LogP contribution in [0.3, 0.4) is 0 Å². The van der Waals surface area contributed by atoms with E-state index in [1.165, 1.54) is 0 Å². The second-order valence-corrected chi connectivity index (χ2v) is 11.0. The van der Waals surface area contributed by atoms with E-state index in [-0.39, 0.29) is 24.0 Å². The summed E-state index contributed by atoms with van der Waals surface area (Å²) in [6.07, 6.45) is 6.71. The zero-order chi connectivity index (χ0) is 27.4. The van der Waals surface area contributed by atoms with Gasteiger partial charge in [-0.05, 0) is 70.3 Å². The van der Waals surface area contributed by atoms with Crippen molar-refractivity contribution in [1.82, 2.24) is 24.3 Å². The van der Waals surface area contributed by atoms with E-state index in [1.807, 2.05) is 30.0 Å². The second kappa shape index (κ2) is 12.3. The SMILES string of the molecule is Cc1cc(C(=O)Nc2nc3cccc(OC4CCN(C)CC4)c3n2C2CCCCN(C(=O)CCCl)C2)ccn1. The molecule has 1 unspecified atom stereocenters. The third kappa shape index (κ3) is 6.36. The maximum absolute atomic E-state index is 13.3. The monoisotopic (exact) mass is 552 g/mol. The first kappa shape index (κ1) is 27.4. The first-order valence-electron chi connectivity index (χ1n) is 13.9. The molecule has 2 aliphatic heterocycles. The molecule has 5 rings (SSSR count). The molecule has 1 N–H and O–H groups in total. The van der Waals surface area contributed by atoms with Gasteiger partial charge in [0.15, 0.2) is 0 Å². The summed E-state index contributed by atoms with van der Waals surface area (Å²) in [6, 6.07) is 9.27. The number of carbonyl (C=O) groups excluding carboxylic acids is 2. The number of alkyl halides is 1. The number of nitrogens with zero attached hydrogens (tertiary/aromatic N) is 5. The number of likely N-dealkylation sites (tertiary alicyclic amines) is 2. The van der Waals surface area contributed by atoms with Crippen LogP contribution in [0.25, 0.3) is 11.0 Å². The number of hydrogen-bond donors (Lipinski definition) is 1. The number of para-hydroxylation sites is 1. The minimum absolute atomic E-state index is 0.0574. The fourth-order valence-electron chi connectivity index (χ4n) is 5.59. The van der Waals surface area contributed by atoms with Gasteiger partial charge in [0, 0.05) is 55.9 Å². The van der Waals surface area contributed by atoms with Crippen molar-refractivity contribution in [2.24, 2.45) is 0 Å². The molecular weight excluding hydrogens is 516 g/mol. The van der Waals surface area contributed by atoms with E-state index in [4.69, 9.17) is 21.3 Å². The Balaban J connectivity index is 1.55. The summed E-state index contributed by atoms with van der Waals surface area (Å²) >= 11 is 5.91. The van der Waals surface area contributed by atoms with Crippen molar-refractivity contribution in [3.8, 4) is 5.75 Å². The highest BCUT2D eigenvalue weighted by Gasteiger charge is 2.29. The van der Waals surface area contributed by atoms with Crippen LogP contribution in [0.15, 0.2) is 36.5 Å². The van der Waals surface area contributed by atoms with Crippen LogP contribution in [0.4, 0.5) is 5.95 Å². The van der Waals surface area contributed by atoms with Crippen molar-refractivity contribution in [3.63, 3.8) is 0 Å². The van der Waals surface area contributed by atoms with E-state index in [0.717, 1.165) is 67.7 Å². The quantitative estimate of drug-likeness (QED) is 0.429. The molecule has 0 spiro atoms. The van der Waals surface area contributed by atoms with Crippen molar-refractivity contribution < 1.29 is 14.3 Å². The number of hydrogen-bond acceptors (Lipinski definition) is 6. The first-order chi connectivity index (χ1) is 18.9. The Morgan fingerprint density at radius 2 is 1.95 bits per heavy atom. The fraction of sp³-hybridized carbons (Fsp3) is 0.517. The number of aromatic nitrogens is 3. The maximum Gasteiger partial charge on any atom is 0.258 e. The highest BCUT2D eigenvalue weighted by molar-refractivity contribution is 6.18. The van der Waals surface area contributed by atoms with Gasteiger partial charge in [0.2, 0.25) is 11.9 Å². The van der Waals surface area contributed by atoms with Gasteiger partial charge in [-0.15, -0.1) is 11.6 Å². The molecule has 9 nitrogen and oxygen atoms in total. The molecule has 0 bridgehead atoms. The number of nitrogens with one attached hydrogen (secondary N) is 1. The Labute approximate surface area is 234 Å². The molecule has 10 heteroatoms. The summed E-state index contributed by atoms with van der Waals surface area (Å²) in [4.78, 5) is 39.5. The van der Waals surface area contributed by atoms with Gasteiger partial charge in [-0.2, -0.15) is 0 Å². The third-order valence-corrected chi connectivity index (χ3v) is 7.88. The van der Waals surface area contributed by atoms with Crippen molar-refractivity contribution in [1.29, 1.82) is 0 Å². The van der Waals surface area contributed by atoms with Gasteiger partial charge in [-0.1, -0.05) is 6.07 Å². The largest absolute Gasteiger partial charge is 0.488 e. The summed E-state index contributed by atoms with van der Waals surface area (Å²) in [5, 5.41) is 3.07. The number of halogens is 1. The molecule has 0 radical (unpaired) electrons. The number of imidazole rings is 1. The molecule has 208 valence electrons. The summed E-state index contributed by atoms with van der Waals surface area (Å²) in [6.45, 7) is 5.08. The normalized spacial score (nSPS) is 19.2. The minimum atomic E-state index is -0.251. The Hall–Kier alpha value is -3.17. The van der Waals surface area contributed by atoms with E-state index in [0.29, 0.717) is 36.9 Å². The first-order valence-corrected chi connectivity index (χ1v) is 14.4. The number of rotatable bonds is 7. The molecule has 2 amide bonds. The maximum atomic E-state index is 13.3. The highest BCUT2D eigenvalue weighted by Crippen LogP contribution is 2.36. The zero-order valence-corrected chi connectivity index (χ0v) is 23.5. The summed E-state index contributed by atoms with van der Waals surface area (Å²) < 4.78 is 8.70. The number of piperidine rings is 1. The number of amides is 2. The van der Waals surface area contributed by atoms with Gasteiger partial charge < -0.3 is 19.1 Å². The minimum Gasteiger partial charge on any atom is -0.488 e. The number of pyridine rings is 1. The Bertz CT molecular complexity index is 1320. The number of carbonyl (C=O) groups is 2. The van der Waals surface area contributed by atoms with E-state index >= 15 is 0 Å². The lowest BCUT2D eigenvalue weighted by Crippen LogP contribution is -2.36. The lowest BCUT2D eigenvalue weighted by molar-refractivity contribution is -0.131. The standard InChI is InChI=1S/C29H37ClN6O3/c1-20-18-21(10-14-31-20)28(38)33-29-32-24-7-5-8-25(39-23-11-16-34(2)17-12-23)27(24)36(29)22-6-3-4-15-35(19-22)26(37)9-13-30/h5,7-8,10,14,18,22-23H,3-4,6,9,11-13,15-17,19H2,1-2H3,(H,32,33,38). The molecular formula is C29H37ClN6O3. The Morgan fingerprint density at radius 1 is 1.13 bits per heavy atom. The molecule has 39 heavy (non-hydrogen) atoms. The van der Waals surface area contributed by atoms with Gasteiger partial charge in [-0.25, -0.2) is 4.98 Å². The topological polar surface area (TPSA) is 92.6 Å². The molecule has 0 aliphatic carbocycles. The summed E-state index contributed by atoms with van der Waals surface area (Å²) in [5.74, 6) is 1.33. The van der Waals surface area contributed by atoms with Crippen LogP contribution in [0.1, 0.15) is 60.6 Å². The van der Waals surface area contributed by atoms with Gasteiger partial charge in [0.1, 0.15) is 17.4 Å². The van der Waals surface area contributed by atoms with Crippen LogP contribution in [-0.4, -0.2) is 81.4 Å². The van der Waals surface area contributed by atoms with E-state index in [9.17, 15) is 9.59 Å². The van der Waals surface area contributed by atoms with Crippen LogP contribution in [-0.2, 0) is 4.79 Å². The Kier molecular flexibility index (Phi) is 8.67. The van der Waals surface area contributed by atoms with Gasteiger partial charge in [0.05, 0.1) is 11.6 Å². The van der Waals surface area contributed by atoms with Gasteiger partial charge in [-0.3, -0.25) is 19.9 Å². The number of anilines is 1. The molecule has 2 aromatic heterocycles. The fourth-order valence-corrected chi connectivity index (χ4v) is 5.76. The predicted molar refractivity (Wildman–Crippen MR) is 153 cm³/mol. The average Bonchev–Trinajstić information content (AvgIpc) is 3.11. The number of aryl methyl sites for hydroxylation is 1. The van der Waals surface area contributed by atoms with E-state index < -0.39 is 0 Å². The lowest BCUT2D eigenvalue weighted by atomic mass is 10.1. The predicted octanol–water partition coefficient (Wildman–Crippen LogP) is 4.65. The Morgan fingerprint density at radius 3 is 2.72 bits per heavy atom. The highest BCUT2D eigenvalue weighted by atomic mass is 35.5. The number of benzene rings is 1. The van der Waals surface area contributed by atoms with Crippen LogP contribution in [0, 0.1) is 6.92 Å². The summed E-state index contributed by atoms with van der Waals surface area (Å²) in [7, 11) is 2.13. The lowest BCUT2D eigenvalue weighted by Gasteiger charge is -2.30. The molecule has 2 aliphatic rings. The van der Waals surface area contributed by atoms with Gasteiger partial charge >= 0.3 is 0 Å². The molecule has 1 aromatic carbocycles. The van der Waals surface area contributed by atoms with Crippen molar-refractivity contribution in [2.45, 2.75) is 57.6 Å². The average molecular weight is 553 g/mol. The van der Waals surface area contributed by atoms with Crippen LogP contribution in [0.2, 0.25) is 0 Å². The number of ether oxygens (including phenoxy) is 1. The third-order valence-electron chi connectivity index (χ3n) is 7.69. The smallest absolute Gasteiger partial charge is 0.258 e. The van der Waals surface area contributed by atoms with Crippen molar-refractivity contribution >= 4 is 40.4 Å². The van der Waals surface area contributed by atoms with Crippen LogP contribution < -0.4 is 10.1 Å². The zero-order valence-electron chi connectivity index (χ0n) is 22.7. The van der Waals surface area contributed by atoms with Crippen molar-refractivity contribution in [2.75, 3.05) is 44.4 Å². The summed E-state index contributed by atoms with van der Waals surface area (Å²) in [5.41, 5.74) is 2.89.